The van der Waals surface area contributed by atoms with Crippen LogP contribution in [0.15, 0.2) is 60.7 Å². The van der Waals surface area contributed by atoms with Crippen molar-refractivity contribution in [3.8, 4) is 34.3 Å². The summed E-state index contributed by atoms with van der Waals surface area (Å²) in [5.74, 6) is -3.48. The Bertz CT molecular complexity index is 2250. The van der Waals surface area contributed by atoms with Crippen LogP contribution in [-0.4, -0.2) is 67.3 Å². The Morgan fingerprint density at radius 3 is 1.32 bits per heavy atom. The lowest BCUT2D eigenvalue weighted by Crippen LogP contribution is -2.14. The SMILES string of the molecule is COc1c(C(N)=O)ccc2c1nc(-c1cc(Cl)ccc1C(=O)O)n2CCn1c(-c2cc(Cl)ccc2C(=O)O)nc2c(OC)c(C(N)=O)ccc21. The second kappa shape index (κ2) is 13.1. The second-order valence-electron chi connectivity index (χ2n) is 10.9. The van der Waals surface area contributed by atoms with Crippen molar-refractivity contribution >= 4 is 69.0 Å². The Kier molecular flexibility index (Phi) is 8.82. The lowest BCUT2D eigenvalue weighted by atomic mass is 10.1. The number of ether oxygens (including phenoxy) is 2. The van der Waals surface area contributed by atoms with E-state index in [0.29, 0.717) is 11.0 Å². The average molecular weight is 718 g/mol. The molecule has 0 aliphatic rings. The minimum Gasteiger partial charge on any atom is -0.494 e. The molecule has 0 atom stereocenters. The van der Waals surface area contributed by atoms with Gasteiger partial charge < -0.3 is 40.3 Å². The molecule has 2 aromatic heterocycles. The third kappa shape index (κ3) is 5.69. The number of halogens is 2. The van der Waals surface area contributed by atoms with Gasteiger partial charge >= 0.3 is 11.9 Å². The van der Waals surface area contributed by atoms with Crippen LogP contribution in [0.2, 0.25) is 10.0 Å². The zero-order valence-corrected chi connectivity index (χ0v) is 27.7. The van der Waals surface area contributed by atoms with Crippen LogP contribution in [0.5, 0.6) is 11.5 Å². The van der Waals surface area contributed by atoms with Gasteiger partial charge in [-0.1, -0.05) is 23.2 Å². The van der Waals surface area contributed by atoms with E-state index in [1.165, 1.54) is 62.8 Å². The molecule has 0 bridgehead atoms. The largest absolute Gasteiger partial charge is 0.494 e. The van der Waals surface area contributed by atoms with Crippen molar-refractivity contribution in [3.63, 3.8) is 0 Å². The number of carbonyl (C=O) groups excluding carboxylic acids is 2. The van der Waals surface area contributed by atoms with Crippen LogP contribution in [0.3, 0.4) is 0 Å². The summed E-state index contributed by atoms with van der Waals surface area (Å²) in [5.41, 5.74) is 12.9. The van der Waals surface area contributed by atoms with Crippen LogP contribution in [-0.2, 0) is 13.1 Å². The standard InChI is InChI=1S/C34H26Cl2N6O8/c1-49-27-19(29(37)43)7-9-23-25(27)39-31(21-13-15(35)3-5-17(21)33(45)46)41(23)11-12-42-24-10-8-20(30(38)44)28(50-2)26(24)40-32(42)22-14-16(36)4-6-18(22)34(47)48/h3-10,13-14H,11-12H2,1-2H3,(H2,37,43)(H2,38,44)(H,45,46)(H,47,48). The molecule has 0 unspecified atom stereocenters. The summed E-state index contributed by atoms with van der Waals surface area (Å²) in [7, 11) is 2.70. The van der Waals surface area contributed by atoms with E-state index in [4.69, 9.17) is 54.1 Å². The summed E-state index contributed by atoms with van der Waals surface area (Å²) >= 11 is 12.7. The zero-order chi connectivity index (χ0) is 36.0. The number of hydrogen-bond acceptors (Lipinski definition) is 8. The molecule has 6 N–H and O–H groups in total. The molecular weight excluding hydrogens is 691 g/mol. The van der Waals surface area contributed by atoms with Crippen LogP contribution in [0.4, 0.5) is 0 Å². The molecule has 0 fully saturated rings. The molecule has 4 aromatic carbocycles. The minimum atomic E-state index is -1.23. The van der Waals surface area contributed by atoms with Crippen molar-refractivity contribution in [2.75, 3.05) is 14.2 Å². The number of nitrogens with two attached hydrogens (primary N) is 2. The summed E-state index contributed by atoms with van der Waals surface area (Å²) in [5, 5.41) is 20.7. The van der Waals surface area contributed by atoms with Gasteiger partial charge in [-0.25, -0.2) is 19.6 Å². The summed E-state index contributed by atoms with van der Waals surface area (Å²) in [6, 6.07) is 14.7. The van der Waals surface area contributed by atoms with Gasteiger partial charge in [0.05, 0.1) is 47.5 Å². The van der Waals surface area contributed by atoms with Gasteiger partial charge in [0.2, 0.25) is 0 Å². The van der Waals surface area contributed by atoms with Gasteiger partial charge in [0.1, 0.15) is 22.7 Å². The molecule has 2 amide bonds. The summed E-state index contributed by atoms with van der Waals surface area (Å²) in [4.78, 5) is 58.8. The van der Waals surface area contributed by atoms with E-state index in [-0.39, 0.29) is 90.7 Å². The first-order valence-electron chi connectivity index (χ1n) is 14.7. The first-order chi connectivity index (χ1) is 23.9. The molecule has 0 saturated carbocycles. The van der Waals surface area contributed by atoms with Crippen molar-refractivity contribution in [2.45, 2.75) is 13.1 Å². The van der Waals surface area contributed by atoms with E-state index < -0.39 is 23.8 Å². The average Bonchev–Trinajstić information content (AvgIpc) is 3.64. The Balaban J connectivity index is 1.64. The third-order valence-electron chi connectivity index (χ3n) is 8.14. The summed E-state index contributed by atoms with van der Waals surface area (Å²) in [6.45, 7) is 0.135. The van der Waals surface area contributed by atoms with E-state index in [1.807, 2.05) is 0 Å². The molecule has 0 aliphatic carbocycles. The number of carboxylic acids is 2. The van der Waals surface area contributed by atoms with Gasteiger partial charge in [-0.15, -0.1) is 0 Å². The van der Waals surface area contributed by atoms with Crippen molar-refractivity contribution in [1.82, 2.24) is 19.1 Å². The Morgan fingerprint density at radius 2 is 1.00 bits per heavy atom. The highest BCUT2D eigenvalue weighted by Gasteiger charge is 2.26. The maximum atomic E-state index is 12.4. The first-order valence-corrected chi connectivity index (χ1v) is 15.4. The minimum absolute atomic E-state index is 0.0585. The van der Waals surface area contributed by atoms with Crippen LogP contribution in [0.1, 0.15) is 41.4 Å². The highest BCUT2D eigenvalue weighted by molar-refractivity contribution is 6.31. The number of amides is 2. The maximum Gasteiger partial charge on any atom is 0.336 e. The number of hydrogen-bond donors (Lipinski definition) is 4. The summed E-state index contributed by atoms with van der Waals surface area (Å²) < 4.78 is 14.5. The quantitative estimate of drug-likeness (QED) is 0.135. The smallest absolute Gasteiger partial charge is 0.336 e. The van der Waals surface area contributed by atoms with Gasteiger partial charge in [0.25, 0.3) is 11.8 Å². The molecule has 2 heterocycles. The predicted molar refractivity (Wildman–Crippen MR) is 184 cm³/mol. The Labute approximate surface area is 292 Å². The molecule has 16 heteroatoms. The molecule has 0 spiro atoms. The number of nitrogens with zero attached hydrogens (tertiary/aromatic N) is 4. The second-order valence-corrected chi connectivity index (χ2v) is 11.8. The first kappa shape index (κ1) is 33.8. The number of benzene rings is 4. The molecule has 254 valence electrons. The molecule has 50 heavy (non-hydrogen) atoms. The van der Waals surface area contributed by atoms with Crippen molar-refractivity contribution in [1.29, 1.82) is 0 Å². The molecule has 0 aliphatic heterocycles. The van der Waals surface area contributed by atoms with Gasteiger partial charge in [0, 0.05) is 34.3 Å². The molecule has 14 nitrogen and oxygen atoms in total. The zero-order valence-electron chi connectivity index (χ0n) is 26.2. The highest BCUT2D eigenvalue weighted by Crippen LogP contribution is 2.38. The number of methoxy groups -OCH3 is 2. The number of aromatic nitrogens is 4. The van der Waals surface area contributed by atoms with Crippen LogP contribution in [0, 0.1) is 0 Å². The van der Waals surface area contributed by atoms with E-state index >= 15 is 0 Å². The van der Waals surface area contributed by atoms with Crippen LogP contribution in [0.25, 0.3) is 44.8 Å². The highest BCUT2D eigenvalue weighted by atomic mass is 35.5. The molecule has 6 rings (SSSR count). The number of carbonyl (C=O) groups is 4. The number of aromatic carboxylic acids is 2. The van der Waals surface area contributed by atoms with Gasteiger partial charge in [-0.3, -0.25) is 9.59 Å². The Hall–Kier alpha value is -6.12. The topological polar surface area (TPSA) is 215 Å². The van der Waals surface area contributed by atoms with E-state index in [0.717, 1.165) is 0 Å². The molecule has 0 saturated heterocycles. The normalized spacial score (nSPS) is 11.2. The predicted octanol–water partition coefficient (Wildman–Crippen LogP) is 5.34. The number of rotatable bonds is 11. The fourth-order valence-corrected chi connectivity index (χ4v) is 6.32. The van der Waals surface area contributed by atoms with Crippen LogP contribution >= 0.6 is 23.2 Å². The van der Waals surface area contributed by atoms with Gasteiger partial charge in [0.15, 0.2) is 11.5 Å². The lowest BCUT2D eigenvalue weighted by molar-refractivity contribution is 0.0686. The fourth-order valence-electron chi connectivity index (χ4n) is 5.98. The number of primary amides is 2. The number of imidazole rings is 2. The van der Waals surface area contributed by atoms with Crippen molar-refractivity contribution in [2.24, 2.45) is 11.5 Å². The Morgan fingerprint density at radius 1 is 0.640 bits per heavy atom. The number of fused-ring (bicyclic) bond motifs is 2. The van der Waals surface area contributed by atoms with Gasteiger partial charge in [-0.2, -0.15) is 0 Å². The lowest BCUT2D eigenvalue weighted by Gasteiger charge is -2.15. The van der Waals surface area contributed by atoms with E-state index in [9.17, 15) is 29.4 Å². The monoisotopic (exact) mass is 716 g/mol. The number of aryl methyl sites for hydroxylation is 2. The summed E-state index contributed by atoms with van der Waals surface area (Å²) in [6.07, 6.45) is 0. The molecular formula is C34H26Cl2N6O8. The van der Waals surface area contributed by atoms with Crippen LogP contribution < -0.4 is 20.9 Å². The fraction of sp³-hybridized carbons (Fsp3) is 0.118. The van der Waals surface area contributed by atoms with Crippen molar-refractivity contribution < 1.29 is 38.9 Å². The van der Waals surface area contributed by atoms with Crippen molar-refractivity contribution in [3.05, 3.63) is 93.0 Å². The molecule has 6 aromatic rings. The third-order valence-corrected chi connectivity index (χ3v) is 8.61. The molecule has 0 radical (unpaired) electrons. The van der Waals surface area contributed by atoms with E-state index in [2.05, 4.69) is 0 Å². The van der Waals surface area contributed by atoms with E-state index in [1.54, 1.807) is 21.3 Å². The maximum absolute atomic E-state index is 12.4. The van der Waals surface area contributed by atoms with Gasteiger partial charge in [-0.05, 0) is 60.7 Å². The number of carboxylic acid groups (broad SMARTS) is 2.